The van der Waals surface area contributed by atoms with E-state index in [1.54, 1.807) is 0 Å². The maximum absolute atomic E-state index is 11.8. The topological polar surface area (TPSA) is 61.0 Å². The predicted molar refractivity (Wildman–Crippen MR) is 78.7 cm³/mol. The number of piperidine rings is 1. The van der Waals surface area contributed by atoms with E-state index in [2.05, 4.69) is 21.4 Å². The number of hydrogen-bond donors (Lipinski definition) is 2. The van der Waals surface area contributed by atoms with Crippen LogP contribution in [0.25, 0.3) is 11.0 Å². The second kappa shape index (κ2) is 5.53. The Morgan fingerprint density at radius 3 is 2.85 bits per heavy atom. The van der Waals surface area contributed by atoms with Crippen LogP contribution < -0.4 is 5.32 Å². The molecule has 1 aliphatic rings. The average molecular weight is 272 g/mol. The zero-order valence-corrected chi connectivity index (χ0v) is 11.7. The number of nitrogens with one attached hydrogen (secondary N) is 2. The SMILES string of the molecule is CCNC(=O)N1CCC(c2nc3ccccc3[nH]2)CC1. The van der Waals surface area contributed by atoms with E-state index in [1.807, 2.05) is 30.0 Å². The first-order valence-corrected chi connectivity index (χ1v) is 7.25. The highest BCUT2D eigenvalue weighted by molar-refractivity contribution is 5.75. The summed E-state index contributed by atoms with van der Waals surface area (Å²) in [5.74, 6) is 1.48. The normalized spacial score (nSPS) is 16.6. The second-order valence-corrected chi connectivity index (χ2v) is 5.24. The monoisotopic (exact) mass is 272 g/mol. The molecule has 1 saturated heterocycles. The third-order valence-electron chi connectivity index (χ3n) is 3.90. The van der Waals surface area contributed by atoms with E-state index in [0.29, 0.717) is 12.5 Å². The van der Waals surface area contributed by atoms with Gasteiger partial charge in [-0.2, -0.15) is 0 Å². The van der Waals surface area contributed by atoms with Crippen LogP contribution in [-0.4, -0.2) is 40.5 Å². The Hall–Kier alpha value is -2.04. The van der Waals surface area contributed by atoms with Crippen molar-refractivity contribution in [3.05, 3.63) is 30.1 Å². The number of aromatic amines is 1. The lowest BCUT2D eigenvalue weighted by molar-refractivity contribution is 0.181. The highest BCUT2D eigenvalue weighted by Crippen LogP contribution is 2.27. The van der Waals surface area contributed by atoms with Gasteiger partial charge in [0.15, 0.2) is 0 Å². The third kappa shape index (κ3) is 2.48. The van der Waals surface area contributed by atoms with Crippen molar-refractivity contribution in [2.24, 2.45) is 0 Å². The van der Waals surface area contributed by atoms with E-state index in [0.717, 1.165) is 42.8 Å². The Bertz CT molecular complexity index is 566. The second-order valence-electron chi connectivity index (χ2n) is 5.24. The standard InChI is InChI=1S/C15H20N4O/c1-2-16-15(20)19-9-7-11(8-10-19)14-17-12-5-3-4-6-13(12)18-14/h3-6,11H,2,7-10H2,1H3,(H,16,20)(H,17,18). The van der Waals surface area contributed by atoms with Crippen LogP contribution in [0.2, 0.25) is 0 Å². The summed E-state index contributed by atoms with van der Waals surface area (Å²) in [6.07, 6.45) is 1.94. The molecule has 5 heteroatoms. The number of hydrogen-bond acceptors (Lipinski definition) is 2. The molecule has 2 N–H and O–H groups in total. The molecule has 3 rings (SSSR count). The average Bonchev–Trinajstić information content (AvgIpc) is 2.91. The first-order chi connectivity index (χ1) is 9.78. The number of rotatable bonds is 2. The smallest absolute Gasteiger partial charge is 0.317 e. The van der Waals surface area contributed by atoms with E-state index >= 15 is 0 Å². The third-order valence-corrected chi connectivity index (χ3v) is 3.90. The first kappa shape index (κ1) is 13.0. The van der Waals surface area contributed by atoms with Crippen LogP contribution >= 0.6 is 0 Å². The predicted octanol–water partition coefficient (Wildman–Crippen LogP) is 2.47. The van der Waals surface area contributed by atoms with Crippen molar-refractivity contribution in [2.75, 3.05) is 19.6 Å². The first-order valence-electron chi connectivity index (χ1n) is 7.25. The number of likely N-dealkylation sites (tertiary alicyclic amines) is 1. The van der Waals surface area contributed by atoms with Gasteiger partial charge in [-0.05, 0) is 31.9 Å². The fourth-order valence-corrected chi connectivity index (χ4v) is 2.78. The lowest BCUT2D eigenvalue weighted by atomic mass is 9.96. The molecule has 0 saturated carbocycles. The molecule has 106 valence electrons. The molecule has 2 heterocycles. The molecule has 1 aromatic carbocycles. The van der Waals surface area contributed by atoms with Crippen LogP contribution in [0.1, 0.15) is 31.5 Å². The fourth-order valence-electron chi connectivity index (χ4n) is 2.78. The van der Waals surface area contributed by atoms with Gasteiger partial charge in [-0.25, -0.2) is 9.78 Å². The molecule has 1 aromatic heterocycles. The van der Waals surface area contributed by atoms with E-state index in [1.165, 1.54) is 0 Å². The van der Waals surface area contributed by atoms with Crippen molar-refractivity contribution in [3.63, 3.8) is 0 Å². The highest BCUT2D eigenvalue weighted by atomic mass is 16.2. The van der Waals surface area contributed by atoms with Crippen molar-refractivity contribution in [2.45, 2.75) is 25.7 Å². The van der Waals surface area contributed by atoms with Crippen LogP contribution in [0.3, 0.4) is 0 Å². The molecular weight excluding hydrogens is 252 g/mol. The summed E-state index contributed by atoms with van der Waals surface area (Å²) in [5.41, 5.74) is 2.11. The molecule has 0 spiro atoms. The van der Waals surface area contributed by atoms with Crippen LogP contribution in [0, 0.1) is 0 Å². The van der Waals surface area contributed by atoms with Crippen LogP contribution in [0.15, 0.2) is 24.3 Å². The largest absolute Gasteiger partial charge is 0.342 e. The number of fused-ring (bicyclic) bond motifs is 1. The van der Waals surface area contributed by atoms with Gasteiger partial charge in [-0.3, -0.25) is 0 Å². The zero-order valence-electron chi connectivity index (χ0n) is 11.7. The number of nitrogens with zero attached hydrogens (tertiary/aromatic N) is 2. The van der Waals surface area contributed by atoms with Crippen molar-refractivity contribution < 1.29 is 4.79 Å². The van der Waals surface area contributed by atoms with Gasteiger partial charge in [0.05, 0.1) is 11.0 Å². The van der Waals surface area contributed by atoms with Gasteiger partial charge in [0.25, 0.3) is 0 Å². The minimum absolute atomic E-state index is 0.0514. The number of urea groups is 1. The van der Waals surface area contributed by atoms with E-state index in [9.17, 15) is 4.79 Å². The zero-order chi connectivity index (χ0) is 13.9. The molecular formula is C15H20N4O. The number of para-hydroxylation sites is 2. The minimum Gasteiger partial charge on any atom is -0.342 e. The van der Waals surface area contributed by atoms with Gasteiger partial charge in [0, 0.05) is 25.6 Å². The number of imidazole rings is 1. The van der Waals surface area contributed by atoms with Gasteiger partial charge in [-0.1, -0.05) is 12.1 Å². The summed E-state index contributed by atoms with van der Waals surface area (Å²) in [7, 11) is 0. The molecule has 1 aliphatic heterocycles. The fraction of sp³-hybridized carbons (Fsp3) is 0.467. The van der Waals surface area contributed by atoms with E-state index < -0.39 is 0 Å². The molecule has 2 amide bonds. The van der Waals surface area contributed by atoms with Crippen molar-refractivity contribution in [1.82, 2.24) is 20.2 Å². The Balaban J connectivity index is 1.67. The van der Waals surface area contributed by atoms with Crippen LogP contribution in [0.5, 0.6) is 0 Å². The van der Waals surface area contributed by atoms with Gasteiger partial charge in [0.1, 0.15) is 5.82 Å². The summed E-state index contributed by atoms with van der Waals surface area (Å²) in [6.45, 7) is 4.22. The molecule has 2 aromatic rings. The molecule has 0 bridgehead atoms. The number of carbonyl (C=O) groups excluding carboxylic acids is 1. The van der Waals surface area contributed by atoms with Crippen molar-refractivity contribution in [3.8, 4) is 0 Å². The van der Waals surface area contributed by atoms with E-state index in [4.69, 9.17) is 0 Å². The van der Waals surface area contributed by atoms with Crippen LogP contribution in [-0.2, 0) is 0 Å². The summed E-state index contributed by atoms with van der Waals surface area (Å²) < 4.78 is 0. The summed E-state index contributed by atoms with van der Waals surface area (Å²) in [6, 6.07) is 8.15. The molecule has 0 aliphatic carbocycles. The molecule has 0 radical (unpaired) electrons. The molecule has 5 nitrogen and oxygen atoms in total. The van der Waals surface area contributed by atoms with Crippen molar-refractivity contribution in [1.29, 1.82) is 0 Å². The number of H-pyrrole nitrogens is 1. The van der Waals surface area contributed by atoms with Crippen molar-refractivity contribution >= 4 is 17.1 Å². The van der Waals surface area contributed by atoms with Crippen LogP contribution in [0.4, 0.5) is 4.79 Å². The number of amides is 2. The Morgan fingerprint density at radius 2 is 2.15 bits per heavy atom. The van der Waals surface area contributed by atoms with Gasteiger partial charge < -0.3 is 15.2 Å². The Labute approximate surface area is 118 Å². The number of benzene rings is 1. The minimum atomic E-state index is 0.0514. The number of aromatic nitrogens is 2. The maximum Gasteiger partial charge on any atom is 0.317 e. The number of carbonyl (C=O) groups is 1. The maximum atomic E-state index is 11.8. The molecule has 0 atom stereocenters. The molecule has 1 fully saturated rings. The van der Waals surface area contributed by atoms with Gasteiger partial charge >= 0.3 is 6.03 Å². The lowest BCUT2D eigenvalue weighted by Gasteiger charge is -2.31. The Morgan fingerprint density at radius 1 is 1.40 bits per heavy atom. The Kier molecular flexibility index (Phi) is 3.58. The summed E-state index contributed by atoms with van der Waals surface area (Å²) >= 11 is 0. The van der Waals surface area contributed by atoms with E-state index in [-0.39, 0.29) is 6.03 Å². The molecule has 0 unspecified atom stereocenters. The molecule has 20 heavy (non-hydrogen) atoms. The summed E-state index contributed by atoms with van der Waals surface area (Å²) in [4.78, 5) is 21.7. The van der Waals surface area contributed by atoms with Gasteiger partial charge in [-0.15, -0.1) is 0 Å². The van der Waals surface area contributed by atoms with Gasteiger partial charge in [0.2, 0.25) is 0 Å². The lowest BCUT2D eigenvalue weighted by Crippen LogP contribution is -2.44. The summed E-state index contributed by atoms with van der Waals surface area (Å²) in [5, 5.41) is 2.85. The quantitative estimate of drug-likeness (QED) is 0.882. The highest BCUT2D eigenvalue weighted by Gasteiger charge is 2.25.